The van der Waals surface area contributed by atoms with Crippen molar-refractivity contribution in [1.29, 1.82) is 0 Å². The van der Waals surface area contributed by atoms with E-state index in [2.05, 4.69) is 76.3 Å². The summed E-state index contributed by atoms with van der Waals surface area (Å²) in [6.45, 7) is 18.7. The van der Waals surface area contributed by atoms with Gasteiger partial charge in [-0.25, -0.2) is 24.5 Å². The molecule has 0 bridgehead atoms. The van der Waals surface area contributed by atoms with Gasteiger partial charge in [-0.1, -0.05) is 41.5 Å². The second kappa shape index (κ2) is 11.7. The van der Waals surface area contributed by atoms with Crippen molar-refractivity contribution in [2.45, 2.75) is 78.9 Å². The van der Waals surface area contributed by atoms with Crippen molar-refractivity contribution in [3.63, 3.8) is 0 Å². The molecule has 0 saturated carbocycles. The second-order valence-electron chi connectivity index (χ2n) is 8.13. The molecule has 0 unspecified atom stereocenters. The normalized spacial score (nSPS) is 11.7. The van der Waals surface area contributed by atoms with Gasteiger partial charge in [-0.2, -0.15) is 18.2 Å². The maximum absolute atomic E-state index is 4.29. The van der Waals surface area contributed by atoms with Gasteiger partial charge in [0.1, 0.15) is 0 Å². The van der Waals surface area contributed by atoms with E-state index in [0.29, 0.717) is 0 Å². The van der Waals surface area contributed by atoms with Crippen LogP contribution >= 0.6 is 0 Å². The van der Waals surface area contributed by atoms with Crippen LogP contribution in [0.4, 0.5) is 0 Å². The Hall–Kier alpha value is -0.770. The third-order valence-corrected chi connectivity index (χ3v) is 4.00. The van der Waals surface area contributed by atoms with Gasteiger partial charge in [0, 0.05) is 0 Å². The Kier molecular flexibility index (Phi) is 12.5. The van der Waals surface area contributed by atoms with Crippen LogP contribution in [-0.2, 0) is 20.9 Å². The first-order chi connectivity index (χ1) is 10.3. The Morgan fingerprint density at radius 2 is 1.09 bits per heavy atom. The Balaban J connectivity index is 0. The first kappa shape index (κ1) is 24.5. The minimum absolute atomic E-state index is 0.00387. The Labute approximate surface area is 156 Å². The van der Waals surface area contributed by atoms with Crippen LogP contribution in [0.15, 0.2) is 46.1 Å². The van der Waals surface area contributed by atoms with Crippen molar-refractivity contribution in [3.8, 4) is 0 Å². The third kappa shape index (κ3) is 29.8. The zero-order chi connectivity index (χ0) is 18.6. The van der Waals surface area contributed by atoms with Crippen LogP contribution in [0.25, 0.3) is 10.6 Å². The van der Waals surface area contributed by atoms with Gasteiger partial charge in [0.15, 0.2) is 0 Å². The summed E-state index contributed by atoms with van der Waals surface area (Å²) in [6, 6.07) is 10.0. The fourth-order valence-electron chi connectivity index (χ4n) is 0.835. The van der Waals surface area contributed by atoms with Crippen LogP contribution in [0.1, 0.15) is 62.3 Å². The maximum atomic E-state index is 4.29. The molecule has 1 aromatic rings. The van der Waals surface area contributed by atoms with Crippen LogP contribution < -0.4 is 0 Å². The van der Waals surface area contributed by atoms with E-state index in [1.54, 1.807) is 12.4 Å². The molecule has 133 valence electrons. The van der Waals surface area contributed by atoms with E-state index >= 15 is 0 Å². The van der Waals surface area contributed by atoms with Gasteiger partial charge in [-0.3, -0.25) is 0 Å². The molecule has 0 radical (unpaired) electrons. The summed E-state index contributed by atoms with van der Waals surface area (Å²) in [5.41, 5.74) is 0.224. The first-order valence-electron chi connectivity index (χ1n) is 7.89. The van der Waals surface area contributed by atoms with Crippen LogP contribution in [0.2, 0.25) is 0 Å². The number of hydrogen-bond donors (Lipinski definition) is 0. The standard InChI is InChI=1S/C10H20N2.C5H5.C4H9N.Ta/c1-9(2,3)11-7-8-12-10(4,5)6;1-2-4-5-3-1;1-4(2,3)5;/h7-8H,1-6H3;1-5H;1-3H3;/q-2;-1;;. The largest absolute Gasteiger partial charge is 0.214 e. The fourth-order valence-corrected chi connectivity index (χ4v) is 0.835. The average molecular weight is 485 g/mol. The number of nitrogens with zero attached hydrogens (tertiary/aromatic N) is 3. The second-order valence-corrected chi connectivity index (χ2v) is 8.85. The summed E-state index contributed by atoms with van der Waals surface area (Å²) in [7, 11) is 0. The topological polar surface area (TPSA) is 40.6 Å². The summed E-state index contributed by atoms with van der Waals surface area (Å²) in [6.07, 6.45) is 3.54. The molecule has 4 heteroatoms. The van der Waals surface area contributed by atoms with Gasteiger partial charge < -0.3 is 10.6 Å². The van der Waals surface area contributed by atoms with E-state index < -0.39 is 0 Å². The minimum atomic E-state index is 0.00387. The van der Waals surface area contributed by atoms with Gasteiger partial charge in [0.2, 0.25) is 0 Å². The fraction of sp³-hybridized carbons (Fsp3) is 0.632. The van der Waals surface area contributed by atoms with Gasteiger partial charge in [0.05, 0.1) is 0 Å². The quantitative estimate of drug-likeness (QED) is 0.417. The molecule has 3 nitrogen and oxygen atoms in total. The van der Waals surface area contributed by atoms with Crippen molar-refractivity contribution in [1.82, 2.24) is 0 Å². The minimum Gasteiger partial charge on any atom is -0.214 e. The summed E-state index contributed by atoms with van der Waals surface area (Å²) in [5, 5.41) is 8.57. The molecule has 0 fully saturated rings. The summed E-state index contributed by atoms with van der Waals surface area (Å²) in [5.74, 6) is 0. The van der Waals surface area contributed by atoms with Gasteiger partial charge in [-0.15, -0.1) is 11.1 Å². The van der Waals surface area contributed by atoms with Gasteiger partial charge in [-0.05, 0) is 0 Å². The molecule has 0 N–H and O–H groups in total. The van der Waals surface area contributed by atoms with Crippen molar-refractivity contribution in [2.24, 2.45) is 3.34 Å². The smallest absolute Gasteiger partial charge is 0.172 e. The average Bonchev–Trinajstić information content (AvgIpc) is 2.91. The zero-order valence-corrected chi connectivity index (χ0v) is 19.5. The first-order valence-corrected chi connectivity index (χ1v) is 9.32. The van der Waals surface area contributed by atoms with Crippen LogP contribution in [-0.4, -0.2) is 16.6 Å². The molecule has 0 aliphatic carbocycles. The molecule has 0 aliphatic rings. The van der Waals surface area contributed by atoms with Crippen LogP contribution in [0, 0.1) is 0 Å². The predicted octanol–water partition coefficient (Wildman–Crippen LogP) is 6.72. The summed E-state index contributed by atoms with van der Waals surface area (Å²) < 4.78 is 4.13. The molecule has 1 rings (SSSR count). The van der Waals surface area contributed by atoms with E-state index in [0.717, 1.165) is 20.9 Å². The molecular weight excluding hydrogens is 451 g/mol. The van der Waals surface area contributed by atoms with Gasteiger partial charge >= 0.3 is 50.5 Å². The molecular formula is C19H34N3Ta-3. The van der Waals surface area contributed by atoms with Crippen LogP contribution in [0.3, 0.4) is 0 Å². The Bertz CT molecular complexity index is 366. The van der Waals surface area contributed by atoms with E-state index in [1.165, 1.54) is 0 Å². The predicted molar refractivity (Wildman–Crippen MR) is 99.6 cm³/mol. The van der Waals surface area contributed by atoms with E-state index in [1.807, 2.05) is 30.3 Å². The SMILES string of the molecule is CC(C)(C)[N-]C=C[N-]C(C)(C)C.CC(C)(C)[N]=[Ta].c1cc[cH-]c1. The van der Waals surface area contributed by atoms with E-state index in [9.17, 15) is 0 Å². The molecule has 0 amide bonds. The Morgan fingerprint density at radius 3 is 1.22 bits per heavy atom. The van der Waals surface area contributed by atoms with Crippen molar-refractivity contribution in [3.05, 3.63) is 53.4 Å². The summed E-state index contributed by atoms with van der Waals surface area (Å²) >= 11 is 1.15. The number of rotatable bonds is 2. The molecule has 1 aromatic carbocycles. The number of hydrogen-bond acceptors (Lipinski definition) is 1. The monoisotopic (exact) mass is 485 g/mol. The van der Waals surface area contributed by atoms with E-state index in [4.69, 9.17) is 0 Å². The molecule has 0 aliphatic heterocycles. The molecule has 0 heterocycles. The molecule has 0 spiro atoms. The van der Waals surface area contributed by atoms with Gasteiger partial charge in [0.25, 0.3) is 0 Å². The van der Waals surface area contributed by atoms with Crippen LogP contribution in [0.5, 0.6) is 0 Å². The van der Waals surface area contributed by atoms with Crippen molar-refractivity contribution < 1.29 is 20.9 Å². The third-order valence-electron chi connectivity index (χ3n) is 1.85. The zero-order valence-electron chi connectivity index (χ0n) is 16.3. The summed E-state index contributed by atoms with van der Waals surface area (Å²) in [4.78, 5) is 0. The molecule has 0 atom stereocenters. The van der Waals surface area contributed by atoms with E-state index in [-0.39, 0.29) is 16.6 Å². The maximum Gasteiger partial charge on any atom is -0.172 e. The van der Waals surface area contributed by atoms with Crippen molar-refractivity contribution in [2.75, 3.05) is 0 Å². The Morgan fingerprint density at radius 1 is 0.783 bits per heavy atom. The molecule has 0 saturated heterocycles. The van der Waals surface area contributed by atoms with Crippen molar-refractivity contribution >= 4 is 0 Å². The molecule has 23 heavy (non-hydrogen) atoms. The molecule has 0 aromatic heterocycles.